The Bertz CT molecular complexity index is 502. The summed E-state index contributed by atoms with van der Waals surface area (Å²) in [5, 5.41) is 0. The van der Waals surface area contributed by atoms with Crippen molar-refractivity contribution in [3.05, 3.63) is 42.0 Å². The number of nitrogens with zero attached hydrogens (tertiary/aromatic N) is 2. The van der Waals surface area contributed by atoms with E-state index in [0.717, 1.165) is 19.7 Å². The van der Waals surface area contributed by atoms with Gasteiger partial charge in [0.15, 0.2) is 0 Å². The highest BCUT2D eigenvalue weighted by molar-refractivity contribution is 5.48. The molecule has 0 radical (unpaired) electrons. The molecule has 0 N–H and O–H groups in total. The fourth-order valence-corrected chi connectivity index (χ4v) is 4.14. The van der Waals surface area contributed by atoms with Gasteiger partial charge < -0.3 is 9.64 Å². The third-order valence-corrected chi connectivity index (χ3v) is 5.34. The first kappa shape index (κ1) is 16.7. The van der Waals surface area contributed by atoms with E-state index in [-0.39, 0.29) is 0 Å². The summed E-state index contributed by atoms with van der Waals surface area (Å²) in [6, 6.07) is 10.6. The minimum atomic E-state index is 0.534. The fourth-order valence-electron chi connectivity index (χ4n) is 4.14. The van der Waals surface area contributed by atoms with Crippen LogP contribution in [0.4, 0.5) is 0 Å². The topological polar surface area (TPSA) is 15.7 Å². The molecule has 3 rings (SSSR count). The van der Waals surface area contributed by atoms with Gasteiger partial charge in [0.2, 0.25) is 0 Å². The molecule has 3 heteroatoms. The molecule has 1 aromatic rings. The maximum atomic E-state index is 5.25. The van der Waals surface area contributed by atoms with Crippen molar-refractivity contribution in [3.8, 4) is 0 Å². The monoisotopic (exact) mass is 314 g/mol. The Hall–Kier alpha value is -1.16. The van der Waals surface area contributed by atoms with Crippen LogP contribution in [0.3, 0.4) is 0 Å². The van der Waals surface area contributed by atoms with Gasteiger partial charge in [0, 0.05) is 33.3 Å². The van der Waals surface area contributed by atoms with Crippen molar-refractivity contribution in [1.29, 1.82) is 0 Å². The lowest BCUT2D eigenvalue weighted by molar-refractivity contribution is 0.0686. The molecule has 0 aromatic heterocycles. The van der Waals surface area contributed by atoms with E-state index in [2.05, 4.69) is 52.3 Å². The average molecular weight is 314 g/mol. The van der Waals surface area contributed by atoms with Gasteiger partial charge in [-0.25, -0.2) is 0 Å². The van der Waals surface area contributed by atoms with Gasteiger partial charge in [-0.1, -0.05) is 42.5 Å². The molecule has 126 valence electrons. The van der Waals surface area contributed by atoms with Gasteiger partial charge in [-0.3, -0.25) is 4.90 Å². The van der Waals surface area contributed by atoms with Gasteiger partial charge >= 0.3 is 0 Å². The highest BCUT2D eigenvalue weighted by Crippen LogP contribution is 2.38. The second kappa shape index (κ2) is 8.09. The van der Waals surface area contributed by atoms with Crippen LogP contribution in [0.25, 0.3) is 6.08 Å². The molecule has 0 saturated carbocycles. The quantitative estimate of drug-likeness (QED) is 0.802. The number of methoxy groups -OCH3 is 1. The van der Waals surface area contributed by atoms with E-state index in [1.54, 1.807) is 7.11 Å². The van der Waals surface area contributed by atoms with Crippen molar-refractivity contribution < 1.29 is 4.74 Å². The lowest BCUT2D eigenvalue weighted by Crippen LogP contribution is -2.45. The van der Waals surface area contributed by atoms with Crippen molar-refractivity contribution in [2.75, 3.05) is 53.0 Å². The van der Waals surface area contributed by atoms with Crippen molar-refractivity contribution >= 4 is 6.08 Å². The van der Waals surface area contributed by atoms with Crippen LogP contribution >= 0.6 is 0 Å². The predicted octanol–water partition coefficient (Wildman–Crippen LogP) is 3.13. The molecule has 1 unspecified atom stereocenters. The third-order valence-electron chi connectivity index (χ3n) is 5.34. The lowest BCUT2D eigenvalue weighted by Gasteiger charge is -2.40. The van der Waals surface area contributed by atoms with E-state index in [1.807, 2.05) is 0 Å². The molecule has 2 saturated heterocycles. The van der Waals surface area contributed by atoms with E-state index in [0.29, 0.717) is 5.41 Å². The van der Waals surface area contributed by atoms with Crippen molar-refractivity contribution in [2.45, 2.75) is 19.3 Å². The number of ether oxygens (including phenoxy) is 1. The number of piperidine rings is 1. The molecule has 3 nitrogen and oxygen atoms in total. The minimum Gasteiger partial charge on any atom is -0.383 e. The first-order valence-corrected chi connectivity index (χ1v) is 8.95. The zero-order valence-electron chi connectivity index (χ0n) is 14.4. The number of benzene rings is 1. The molecule has 1 spiro atoms. The van der Waals surface area contributed by atoms with Gasteiger partial charge in [0.05, 0.1) is 6.61 Å². The zero-order chi connectivity index (χ0) is 16.0. The van der Waals surface area contributed by atoms with Gasteiger partial charge in [-0.15, -0.1) is 0 Å². The number of likely N-dealkylation sites (tertiary alicyclic amines) is 2. The van der Waals surface area contributed by atoms with Crippen molar-refractivity contribution in [2.24, 2.45) is 5.41 Å². The summed E-state index contributed by atoms with van der Waals surface area (Å²) in [5.41, 5.74) is 1.83. The molecule has 23 heavy (non-hydrogen) atoms. The van der Waals surface area contributed by atoms with Gasteiger partial charge in [-0.2, -0.15) is 0 Å². The maximum Gasteiger partial charge on any atom is 0.0589 e. The Labute approximate surface area is 140 Å². The second-order valence-electron chi connectivity index (χ2n) is 7.17. The van der Waals surface area contributed by atoms with E-state index in [9.17, 15) is 0 Å². The fraction of sp³-hybridized carbons (Fsp3) is 0.600. The predicted molar refractivity (Wildman–Crippen MR) is 96.5 cm³/mol. The Kier molecular flexibility index (Phi) is 5.87. The molecule has 2 aliphatic heterocycles. The average Bonchev–Trinajstić information content (AvgIpc) is 2.96. The van der Waals surface area contributed by atoms with Crippen LogP contribution in [0.5, 0.6) is 0 Å². The van der Waals surface area contributed by atoms with E-state index in [1.165, 1.54) is 51.0 Å². The summed E-state index contributed by atoms with van der Waals surface area (Å²) in [6.07, 6.45) is 8.67. The Balaban J connectivity index is 1.48. The molecule has 0 amide bonds. The second-order valence-corrected chi connectivity index (χ2v) is 7.17. The first-order valence-electron chi connectivity index (χ1n) is 8.95. The van der Waals surface area contributed by atoms with E-state index < -0.39 is 0 Å². The third kappa shape index (κ3) is 4.66. The van der Waals surface area contributed by atoms with E-state index in [4.69, 9.17) is 4.74 Å². The van der Waals surface area contributed by atoms with Gasteiger partial charge in [0.1, 0.15) is 0 Å². The standard InChI is InChI=1S/C20H30N2O/c1-23-16-15-22-13-6-10-20(18-22)11-14-21(17-20)12-5-9-19-7-3-2-4-8-19/h2-5,7-9H,6,10-18H2,1H3/b9-5+. The lowest BCUT2D eigenvalue weighted by atomic mass is 9.79. The number of hydrogen-bond donors (Lipinski definition) is 0. The molecular formula is C20H30N2O. The van der Waals surface area contributed by atoms with E-state index >= 15 is 0 Å². The minimum absolute atomic E-state index is 0.534. The largest absolute Gasteiger partial charge is 0.383 e. The normalized spacial score (nSPS) is 26.5. The summed E-state index contributed by atoms with van der Waals surface area (Å²) in [6.45, 7) is 8.04. The summed E-state index contributed by atoms with van der Waals surface area (Å²) in [7, 11) is 1.80. The molecule has 1 aromatic carbocycles. The summed E-state index contributed by atoms with van der Waals surface area (Å²) < 4.78 is 5.25. The van der Waals surface area contributed by atoms with Crippen LogP contribution in [-0.4, -0.2) is 62.8 Å². The van der Waals surface area contributed by atoms with Crippen molar-refractivity contribution in [1.82, 2.24) is 9.80 Å². The number of rotatable bonds is 6. The molecular weight excluding hydrogens is 284 g/mol. The Morgan fingerprint density at radius 2 is 1.91 bits per heavy atom. The van der Waals surface area contributed by atoms with Gasteiger partial charge in [-0.05, 0) is 43.3 Å². The summed E-state index contributed by atoms with van der Waals surface area (Å²) in [4.78, 5) is 5.23. The SMILES string of the molecule is COCCN1CCCC2(CCN(C/C=C/c3ccccc3)C2)C1. The summed E-state index contributed by atoms with van der Waals surface area (Å²) in [5.74, 6) is 0. The van der Waals surface area contributed by atoms with Crippen LogP contribution in [-0.2, 0) is 4.74 Å². The van der Waals surface area contributed by atoms with Crippen LogP contribution in [0, 0.1) is 5.41 Å². The molecule has 0 aliphatic carbocycles. The van der Waals surface area contributed by atoms with Crippen molar-refractivity contribution in [3.63, 3.8) is 0 Å². The van der Waals surface area contributed by atoms with Crippen LogP contribution in [0.15, 0.2) is 36.4 Å². The van der Waals surface area contributed by atoms with Crippen LogP contribution in [0.1, 0.15) is 24.8 Å². The van der Waals surface area contributed by atoms with Crippen LogP contribution in [0.2, 0.25) is 0 Å². The Morgan fingerprint density at radius 1 is 1.09 bits per heavy atom. The highest BCUT2D eigenvalue weighted by Gasteiger charge is 2.40. The molecule has 2 fully saturated rings. The maximum absolute atomic E-state index is 5.25. The number of hydrogen-bond acceptors (Lipinski definition) is 3. The molecule has 1 atom stereocenters. The molecule has 2 aliphatic rings. The molecule has 2 heterocycles. The smallest absolute Gasteiger partial charge is 0.0589 e. The van der Waals surface area contributed by atoms with Crippen LogP contribution < -0.4 is 0 Å². The van der Waals surface area contributed by atoms with Gasteiger partial charge in [0.25, 0.3) is 0 Å². The molecule has 0 bridgehead atoms. The highest BCUT2D eigenvalue weighted by atomic mass is 16.5. The Morgan fingerprint density at radius 3 is 2.74 bits per heavy atom. The zero-order valence-corrected chi connectivity index (χ0v) is 14.4. The first-order chi connectivity index (χ1) is 11.3. The summed E-state index contributed by atoms with van der Waals surface area (Å²) >= 11 is 0.